The fourth-order valence-corrected chi connectivity index (χ4v) is 5.03. The van der Waals surface area contributed by atoms with E-state index >= 15 is 0 Å². The highest BCUT2D eigenvalue weighted by atomic mass is 32.2. The number of pyridine rings is 2. The number of anilines is 2. The van der Waals surface area contributed by atoms with E-state index in [2.05, 4.69) is 29.5 Å². The van der Waals surface area contributed by atoms with Gasteiger partial charge in [0.05, 0.1) is 10.9 Å². The lowest BCUT2D eigenvalue weighted by molar-refractivity contribution is 0.247. The zero-order valence-electron chi connectivity index (χ0n) is 17.1. The summed E-state index contributed by atoms with van der Waals surface area (Å²) in [6.07, 6.45) is 7.06. The quantitative estimate of drug-likeness (QED) is 0.600. The molecule has 10 heteroatoms. The third-order valence-electron chi connectivity index (χ3n) is 5.58. The van der Waals surface area contributed by atoms with Crippen molar-refractivity contribution in [2.45, 2.75) is 24.6 Å². The Morgan fingerprint density at radius 2 is 1.77 bits per heavy atom. The first-order valence-electron chi connectivity index (χ1n) is 10.5. The number of nitrogens with zero attached hydrogens (tertiary/aromatic N) is 6. The lowest BCUT2D eigenvalue weighted by Gasteiger charge is -2.35. The van der Waals surface area contributed by atoms with Crippen molar-refractivity contribution in [2.24, 2.45) is 0 Å². The smallest absolute Gasteiger partial charge is 0.236 e. The van der Waals surface area contributed by atoms with Crippen molar-refractivity contribution in [3.63, 3.8) is 0 Å². The fourth-order valence-electron chi connectivity index (χ4n) is 3.70. The van der Waals surface area contributed by atoms with Crippen LogP contribution in [-0.4, -0.2) is 64.3 Å². The van der Waals surface area contributed by atoms with E-state index in [0.717, 1.165) is 62.9 Å². The van der Waals surface area contributed by atoms with Gasteiger partial charge in [0.1, 0.15) is 23.8 Å². The molecule has 0 amide bonds. The van der Waals surface area contributed by atoms with Gasteiger partial charge in [0.2, 0.25) is 10.0 Å². The van der Waals surface area contributed by atoms with E-state index in [9.17, 15) is 8.42 Å². The second kappa shape index (κ2) is 8.27. The van der Waals surface area contributed by atoms with Crippen molar-refractivity contribution in [2.75, 3.05) is 35.8 Å². The van der Waals surface area contributed by atoms with Crippen LogP contribution in [0.2, 0.25) is 0 Å². The van der Waals surface area contributed by atoms with Crippen molar-refractivity contribution >= 4 is 21.7 Å². The summed E-state index contributed by atoms with van der Waals surface area (Å²) >= 11 is 0. The lowest BCUT2D eigenvalue weighted by Crippen LogP contribution is -2.46. The molecule has 0 unspecified atom stereocenters. The SMILES string of the molecule is O=S(=O)(Nc1cccc(N2CCN(Cc3cn(-c4ccccn4)cn3)CC2)n1)C1CC1. The van der Waals surface area contributed by atoms with Crippen LogP contribution in [0, 0.1) is 0 Å². The van der Waals surface area contributed by atoms with Crippen LogP contribution in [0.3, 0.4) is 0 Å². The van der Waals surface area contributed by atoms with Gasteiger partial charge in [-0.25, -0.2) is 23.4 Å². The molecule has 3 aromatic rings. The maximum Gasteiger partial charge on any atom is 0.236 e. The molecule has 31 heavy (non-hydrogen) atoms. The Kier molecular flexibility index (Phi) is 5.33. The summed E-state index contributed by atoms with van der Waals surface area (Å²) in [6, 6.07) is 11.3. The second-order valence-electron chi connectivity index (χ2n) is 7.95. The molecule has 0 spiro atoms. The average Bonchev–Trinajstić information content (AvgIpc) is 3.56. The Morgan fingerprint density at radius 1 is 0.968 bits per heavy atom. The number of hydrogen-bond donors (Lipinski definition) is 1. The molecule has 1 saturated heterocycles. The molecule has 1 saturated carbocycles. The Hall–Kier alpha value is -2.98. The Morgan fingerprint density at radius 3 is 2.52 bits per heavy atom. The predicted molar refractivity (Wildman–Crippen MR) is 119 cm³/mol. The summed E-state index contributed by atoms with van der Waals surface area (Å²) in [5, 5.41) is -0.261. The monoisotopic (exact) mass is 439 g/mol. The summed E-state index contributed by atoms with van der Waals surface area (Å²) in [4.78, 5) is 18.0. The van der Waals surface area contributed by atoms with Crippen molar-refractivity contribution in [1.29, 1.82) is 0 Å². The van der Waals surface area contributed by atoms with Gasteiger partial charge in [-0.1, -0.05) is 12.1 Å². The molecule has 9 nitrogen and oxygen atoms in total. The van der Waals surface area contributed by atoms with Gasteiger partial charge in [-0.2, -0.15) is 0 Å². The minimum Gasteiger partial charge on any atom is -0.354 e. The van der Waals surface area contributed by atoms with Crippen LogP contribution in [0.5, 0.6) is 0 Å². The second-order valence-corrected chi connectivity index (χ2v) is 9.91. The van der Waals surface area contributed by atoms with E-state index in [0.29, 0.717) is 5.82 Å². The van der Waals surface area contributed by atoms with Gasteiger partial charge in [-0.3, -0.25) is 14.2 Å². The zero-order chi connectivity index (χ0) is 21.3. The maximum atomic E-state index is 12.2. The maximum absolute atomic E-state index is 12.2. The summed E-state index contributed by atoms with van der Waals surface area (Å²) in [5.74, 6) is 2.05. The molecule has 162 valence electrons. The van der Waals surface area contributed by atoms with Crippen LogP contribution < -0.4 is 9.62 Å². The Bertz CT molecular complexity index is 1140. The lowest BCUT2D eigenvalue weighted by atomic mass is 10.3. The molecular weight excluding hydrogens is 414 g/mol. The van der Waals surface area contributed by atoms with E-state index in [-0.39, 0.29) is 5.25 Å². The van der Waals surface area contributed by atoms with Crippen molar-refractivity contribution in [1.82, 2.24) is 24.4 Å². The molecule has 0 aromatic carbocycles. The molecule has 3 aromatic heterocycles. The van der Waals surface area contributed by atoms with Gasteiger partial charge >= 0.3 is 0 Å². The number of piperazine rings is 1. The number of aromatic nitrogens is 4. The van der Waals surface area contributed by atoms with Gasteiger partial charge in [0.25, 0.3) is 0 Å². The van der Waals surface area contributed by atoms with Crippen molar-refractivity contribution < 1.29 is 8.42 Å². The molecule has 4 heterocycles. The van der Waals surface area contributed by atoms with Crippen LogP contribution >= 0.6 is 0 Å². The topological polar surface area (TPSA) is 96.2 Å². The minimum absolute atomic E-state index is 0.261. The van der Waals surface area contributed by atoms with Gasteiger partial charge in [0, 0.05) is 45.1 Å². The third kappa shape index (κ3) is 4.70. The first-order chi connectivity index (χ1) is 15.1. The van der Waals surface area contributed by atoms with E-state index in [1.807, 2.05) is 41.1 Å². The molecule has 2 fully saturated rings. The summed E-state index contributed by atoms with van der Waals surface area (Å²) < 4.78 is 28.9. The average molecular weight is 440 g/mol. The molecule has 0 atom stereocenters. The first-order valence-corrected chi connectivity index (χ1v) is 12.0. The molecule has 2 aliphatic rings. The van der Waals surface area contributed by atoms with E-state index in [4.69, 9.17) is 0 Å². The van der Waals surface area contributed by atoms with Crippen LogP contribution in [0.25, 0.3) is 5.82 Å². The third-order valence-corrected chi connectivity index (χ3v) is 7.42. The number of hydrogen-bond acceptors (Lipinski definition) is 7. The van der Waals surface area contributed by atoms with Crippen LogP contribution in [0.4, 0.5) is 11.6 Å². The van der Waals surface area contributed by atoms with Gasteiger partial charge < -0.3 is 4.90 Å². The fraction of sp³-hybridized carbons (Fsp3) is 0.381. The summed E-state index contributed by atoms with van der Waals surface area (Å²) in [7, 11) is -3.30. The van der Waals surface area contributed by atoms with Gasteiger partial charge in [-0.05, 0) is 37.1 Å². The number of rotatable bonds is 7. The summed E-state index contributed by atoms with van der Waals surface area (Å²) in [6.45, 7) is 4.20. The Balaban J connectivity index is 1.17. The van der Waals surface area contributed by atoms with Crippen LogP contribution in [0.1, 0.15) is 18.5 Å². The van der Waals surface area contributed by atoms with Gasteiger partial charge in [-0.15, -0.1) is 0 Å². The molecule has 0 radical (unpaired) electrons. The highest BCUT2D eigenvalue weighted by Crippen LogP contribution is 2.29. The predicted octanol–water partition coefficient (Wildman–Crippen LogP) is 1.89. The molecule has 1 N–H and O–H groups in total. The van der Waals surface area contributed by atoms with Crippen LogP contribution in [-0.2, 0) is 16.6 Å². The summed E-state index contributed by atoms with van der Waals surface area (Å²) in [5.41, 5.74) is 1.01. The zero-order valence-corrected chi connectivity index (χ0v) is 17.9. The molecule has 5 rings (SSSR count). The highest BCUT2D eigenvalue weighted by molar-refractivity contribution is 7.93. The van der Waals surface area contributed by atoms with E-state index in [1.54, 1.807) is 18.6 Å². The molecular formula is C21H25N7O2S. The number of nitrogens with one attached hydrogen (secondary N) is 1. The molecule has 0 bridgehead atoms. The van der Waals surface area contributed by atoms with Crippen LogP contribution in [0.15, 0.2) is 55.1 Å². The normalized spacial score (nSPS) is 17.6. The van der Waals surface area contributed by atoms with E-state index < -0.39 is 10.0 Å². The number of imidazole rings is 1. The largest absolute Gasteiger partial charge is 0.354 e. The standard InChI is InChI=1S/C21H25N7O2S/c29-31(30,18-7-8-18)25-19-4-3-6-21(24-19)27-12-10-26(11-13-27)14-17-15-28(16-23-17)20-5-1-2-9-22-20/h1-6,9,15-16,18H,7-8,10-14H2,(H,24,25). The Labute approximate surface area is 181 Å². The molecule has 1 aliphatic heterocycles. The van der Waals surface area contributed by atoms with Crippen molar-refractivity contribution in [3.8, 4) is 5.82 Å². The van der Waals surface area contributed by atoms with Gasteiger partial charge in [0.15, 0.2) is 0 Å². The first kappa shape index (κ1) is 20.0. The highest BCUT2D eigenvalue weighted by Gasteiger charge is 2.36. The van der Waals surface area contributed by atoms with E-state index in [1.165, 1.54) is 0 Å². The number of sulfonamides is 1. The van der Waals surface area contributed by atoms with Crippen molar-refractivity contribution in [3.05, 3.63) is 60.8 Å². The molecule has 1 aliphatic carbocycles. The minimum atomic E-state index is -3.30.